The molecule has 4 nitrogen and oxygen atoms in total. The van der Waals surface area contributed by atoms with Crippen molar-refractivity contribution in [2.45, 2.75) is 6.04 Å². The maximum Gasteiger partial charge on any atom is 0.231 e. The largest absolute Gasteiger partial charge is 0.379 e. The first kappa shape index (κ1) is 12.8. The van der Waals surface area contributed by atoms with Crippen molar-refractivity contribution in [3.05, 3.63) is 29.6 Å². The van der Waals surface area contributed by atoms with Crippen LogP contribution < -0.4 is 11.1 Å². The van der Waals surface area contributed by atoms with Crippen molar-refractivity contribution in [2.24, 2.45) is 11.7 Å². The molecule has 1 aliphatic heterocycles. The first-order chi connectivity index (χ1) is 8.49. The van der Waals surface area contributed by atoms with Crippen LogP contribution in [-0.2, 0) is 9.53 Å². The van der Waals surface area contributed by atoms with E-state index in [9.17, 15) is 18.0 Å². The Labute approximate surface area is 101 Å². The summed E-state index contributed by atoms with van der Waals surface area (Å²) < 4.78 is 43.6. The first-order valence-electron chi connectivity index (χ1n) is 5.27. The molecule has 7 heteroatoms. The second-order valence-electron chi connectivity index (χ2n) is 4.05. The predicted octanol–water partition coefficient (Wildman–Crippen LogP) is 1.02. The van der Waals surface area contributed by atoms with Crippen molar-refractivity contribution in [1.29, 1.82) is 0 Å². The third kappa shape index (κ3) is 2.46. The van der Waals surface area contributed by atoms with Crippen LogP contribution in [0.4, 0.5) is 18.9 Å². The molecule has 1 saturated heterocycles. The zero-order chi connectivity index (χ0) is 13.3. The normalized spacial score (nSPS) is 23.1. The molecule has 1 aromatic rings. The molecule has 1 fully saturated rings. The lowest BCUT2D eigenvalue weighted by Gasteiger charge is -2.13. The highest BCUT2D eigenvalue weighted by Gasteiger charge is 2.31. The molecule has 1 heterocycles. The average molecular weight is 260 g/mol. The van der Waals surface area contributed by atoms with Gasteiger partial charge in [0.15, 0.2) is 17.5 Å². The molecule has 18 heavy (non-hydrogen) atoms. The van der Waals surface area contributed by atoms with Crippen molar-refractivity contribution < 1.29 is 22.7 Å². The van der Waals surface area contributed by atoms with Gasteiger partial charge in [-0.2, -0.15) is 0 Å². The van der Waals surface area contributed by atoms with Gasteiger partial charge in [-0.15, -0.1) is 0 Å². The van der Waals surface area contributed by atoms with E-state index in [1.807, 2.05) is 0 Å². The molecule has 0 aromatic heterocycles. The summed E-state index contributed by atoms with van der Waals surface area (Å²) in [4.78, 5) is 11.7. The van der Waals surface area contributed by atoms with Crippen LogP contribution in [0, 0.1) is 23.4 Å². The quantitative estimate of drug-likeness (QED) is 0.780. The van der Waals surface area contributed by atoms with E-state index < -0.39 is 35.3 Å². The molecule has 0 aliphatic carbocycles. The lowest BCUT2D eigenvalue weighted by atomic mass is 10.0. The molecule has 3 N–H and O–H groups in total. The molecule has 98 valence electrons. The van der Waals surface area contributed by atoms with Crippen LogP contribution in [0.3, 0.4) is 0 Å². The second kappa shape index (κ2) is 4.95. The Morgan fingerprint density at radius 1 is 1.28 bits per heavy atom. The average Bonchev–Trinajstić information content (AvgIpc) is 2.72. The molecular formula is C11H11F3N2O2. The molecule has 1 aromatic carbocycles. The minimum absolute atomic E-state index is 0.152. The first-order valence-corrected chi connectivity index (χ1v) is 5.27. The van der Waals surface area contributed by atoms with E-state index in [0.29, 0.717) is 12.1 Å². The van der Waals surface area contributed by atoms with E-state index in [2.05, 4.69) is 5.32 Å². The highest BCUT2D eigenvalue weighted by atomic mass is 19.2. The van der Waals surface area contributed by atoms with Gasteiger partial charge in [-0.25, -0.2) is 13.2 Å². The smallest absolute Gasteiger partial charge is 0.231 e. The van der Waals surface area contributed by atoms with E-state index in [4.69, 9.17) is 10.5 Å². The molecule has 2 unspecified atom stereocenters. The summed E-state index contributed by atoms with van der Waals surface area (Å²) in [6.07, 6.45) is 0. The zero-order valence-corrected chi connectivity index (χ0v) is 9.25. The van der Waals surface area contributed by atoms with Gasteiger partial charge in [0.25, 0.3) is 0 Å². The van der Waals surface area contributed by atoms with Gasteiger partial charge in [0, 0.05) is 23.9 Å². The number of benzene rings is 1. The highest BCUT2D eigenvalue weighted by Crippen LogP contribution is 2.19. The summed E-state index contributed by atoms with van der Waals surface area (Å²) in [5.41, 5.74) is 5.47. The van der Waals surface area contributed by atoms with Crippen molar-refractivity contribution in [1.82, 2.24) is 0 Å². The van der Waals surface area contributed by atoms with Crippen molar-refractivity contribution in [2.75, 3.05) is 18.5 Å². The lowest BCUT2D eigenvalue weighted by molar-refractivity contribution is -0.120. The predicted molar refractivity (Wildman–Crippen MR) is 57.2 cm³/mol. The van der Waals surface area contributed by atoms with Crippen LogP contribution in [0.15, 0.2) is 12.1 Å². The third-order valence-electron chi connectivity index (χ3n) is 2.71. The van der Waals surface area contributed by atoms with Gasteiger partial charge in [-0.05, 0) is 0 Å². The Morgan fingerprint density at radius 3 is 2.39 bits per heavy atom. The number of amides is 1. The molecule has 1 amide bonds. The summed E-state index contributed by atoms with van der Waals surface area (Å²) in [5.74, 6) is -5.39. The maximum atomic E-state index is 12.9. The number of ether oxygens (including phenoxy) is 1. The molecule has 2 atom stereocenters. The van der Waals surface area contributed by atoms with Gasteiger partial charge in [0.1, 0.15) is 0 Å². The summed E-state index contributed by atoms with van der Waals surface area (Å²) in [7, 11) is 0. The Morgan fingerprint density at radius 2 is 1.89 bits per heavy atom. The Kier molecular flexibility index (Phi) is 3.53. The lowest BCUT2D eigenvalue weighted by Crippen LogP contribution is -2.37. The van der Waals surface area contributed by atoms with Gasteiger partial charge in [0.05, 0.1) is 19.1 Å². The van der Waals surface area contributed by atoms with E-state index in [-0.39, 0.29) is 18.9 Å². The van der Waals surface area contributed by atoms with Crippen molar-refractivity contribution >= 4 is 11.6 Å². The zero-order valence-electron chi connectivity index (χ0n) is 9.25. The molecule has 2 rings (SSSR count). The molecule has 0 spiro atoms. The summed E-state index contributed by atoms with van der Waals surface area (Å²) in [6.45, 7) is 0.406. The number of anilines is 1. The SMILES string of the molecule is NC1COCC1C(=O)Nc1cc(F)c(F)c(F)c1. The summed E-state index contributed by atoms with van der Waals surface area (Å²) in [5, 5.41) is 2.28. The summed E-state index contributed by atoms with van der Waals surface area (Å²) >= 11 is 0. The number of carbonyl (C=O) groups is 1. The molecule has 0 bridgehead atoms. The fourth-order valence-electron chi connectivity index (χ4n) is 1.70. The van der Waals surface area contributed by atoms with Crippen LogP contribution in [-0.4, -0.2) is 25.2 Å². The van der Waals surface area contributed by atoms with Gasteiger partial charge in [-0.1, -0.05) is 0 Å². The Balaban J connectivity index is 2.12. The van der Waals surface area contributed by atoms with E-state index in [1.165, 1.54) is 0 Å². The van der Waals surface area contributed by atoms with E-state index >= 15 is 0 Å². The standard InChI is InChI=1S/C11H11F3N2O2/c12-7-1-5(2-8(13)10(7)14)16-11(17)6-3-18-4-9(6)15/h1-2,6,9H,3-4,15H2,(H,16,17). The third-order valence-corrected chi connectivity index (χ3v) is 2.71. The van der Waals surface area contributed by atoms with Gasteiger partial charge in [-0.3, -0.25) is 4.79 Å². The molecule has 0 saturated carbocycles. The van der Waals surface area contributed by atoms with Crippen LogP contribution in [0.25, 0.3) is 0 Å². The van der Waals surface area contributed by atoms with E-state index in [1.54, 1.807) is 0 Å². The number of hydrogen-bond acceptors (Lipinski definition) is 3. The van der Waals surface area contributed by atoms with Crippen LogP contribution in [0.2, 0.25) is 0 Å². The Hall–Kier alpha value is -1.60. The maximum absolute atomic E-state index is 12.9. The van der Waals surface area contributed by atoms with Crippen LogP contribution in [0.5, 0.6) is 0 Å². The van der Waals surface area contributed by atoms with Crippen LogP contribution in [0.1, 0.15) is 0 Å². The van der Waals surface area contributed by atoms with Crippen molar-refractivity contribution in [3.8, 4) is 0 Å². The minimum Gasteiger partial charge on any atom is -0.379 e. The number of rotatable bonds is 2. The minimum atomic E-state index is -1.58. The van der Waals surface area contributed by atoms with Gasteiger partial charge < -0.3 is 15.8 Å². The number of hydrogen-bond donors (Lipinski definition) is 2. The number of nitrogens with one attached hydrogen (secondary N) is 1. The highest BCUT2D eigenvalue weighted by molar-refractivity contribution is 5.93. The molecule has 0 radical (unpaired) electrons. The number of carbonyl (C=O) groups excluding carboxylic acids is 1. The molecule has 1 aliphatic rings. The number of nitrogens with two attached hydrogens (primary N) is 1. The van der Waals surface area contributed by atoms with Crippen LogP contribution >= 0.6 is 0 Å². The fraction of sp³-hybridized carbons (Fsp3) is 0.364. The molecular weight excluding hydrogens is 249 g/mol. The summed E-state index contributed by atoms with van der Waals surface area (Å²) in [6, 6.07) is 0.954. The Bertz CT molecular complexity index is 458. The second-order valence-corrected chi connectivity index (χ2v) is 4.05. The van der Waals surface area contributed by atoms with Crippen molar-refractivity contribution in [3.63, 3.8) is 0 Å². The monoisotopic (exact) mass is 260 g/mol. The van der Waals surface area contributed by atoms with Gasteiger partial charge in [0.2, 0.25) is 5.91 Å². The topological polar surface area (TPSA) is 64.3 Å². The van der Waals surface area contributed by atoms with Gasteiger partial charge >= 0.3 is 0 Å². The fourth-order valence-corrected chi connectivity index (χ4v) is 1.70. The number of halogens is 3. The van der Waals surface area contributed by atoms with E-state index in [0.717, 1.165) is 0 Å².